The average molecular weight is 268 g/mol. The Hall–Kier alpha value is -1.96. The van der Waals surface area contributed by atoms with Gasteiger partial charge in [-0.05, 0) is 13.8 Å². The predicted octanol–water partition coefficient (Wildman–Crippen LogP) is 0.517. The Kier molecular flexibility index (Phi) is 3.28. The highest BCUT2D eigenvalue weighted by molar-refractivity contribution is 7.09. The largest absolute Gasteiger partial charge is 0.476 e. The summed E-state index contributed by atoms with van der Waals surface area (Å²) in [6.07, 6.45) is 1.35. The number of carboxylic acids is 1. The van der Waals surface area contributed by atoms with Gasteiger partial charge in [-0.3, -0.25) is 4.79 Å². The molecule has 8 heteroatoms. The number of carboxylic acid groups (broad SMARTS) is 1. The van der Waals surface area contributed by atoms with Crippen molar-refractivity contribution in [2.24, 2.45) is 0 Å². The van der Waals surface area contributed by atoms with E-state index < -0.39 is 5.97 Å². The quantitative estimate of drug-likeness (QED) is 0.872. The predicted molar refractivity (Wildman–Crippen MR) is 65.0 cm³/mol. The summed E-state index contributed by atoms with van der Waals surface area (Å²) in [4.78, 5) is 23.2. The van der Waals surface area contributed by atoms with Crippen LogP contribution in [0, 0.1) is 13.8 Å². The van der Waals surface area contributed by atoms with Gasteiger partial charge in [0.1, 0.15) is 0 Å². The first-order chi connectivity index (χ1) is 8.49. The zero-order chi connectivity index (χ0) is 13.3. The summed E-state index contributed by atoms with van der Waals surface area (Å²) in [5.41, 5.74) is 0.837. The summed E-state index contributed by atoms with van der Waals surface area (Å²) in [5.74, 6) is -1.11. The van der Waals surface area contributed by atoms with E-state index >= 15 is 0 Å². The fourth-order valence-electron chi connectivity index (χ4n) is 1.55. The van der Waals surface area contributed by atoms with Gasteiger partial charge in [0.2, 0.25) is 0 Å². The maximum absolute atomic E-state index is 11.6. The van der Waals surface area contributed by atoms with Gasteiger partial charge in [-0.1, -0.05) is 16.6 Å². The van der Waals surface area contributed by atoms with Crippen molar-refractivity contribution >= 4 is 17.3 Å². The van der Waals surface area contributed by atoms with E-state index in [-0.39, 0.29) is 10.6 Å². The minimum atomic E-state index is -1.11. The van der Waals surface area contributed by atoms with Gasteiger partial charge in [-0.15, -0.1) is 5.10 Å². The number of aromatic nitrogens is 4. The van der Waals surface area contributed by atoms with E-state index in [0.29, 0.717) is 13.1 Å². The molecular formula is C10H12N4O3S. The van der Waals surface area contributed by atoms with E-state index in [2.05, 4.69) is 10.3 Å². The molecule has 7 nitrogen and oxygen atoms in total. The van der Waals surface area contributed by atoms with Crippen molar-refractivity contribution in [1.82, 2.24) is 19.6 Å². The molecule has 0 unspecified atom stereocenters. The second-order valence-corrected chi connectivity index (χ2v) is 5.00. The molecule has 18 heavy (non-hydrogen) atoms. The Balaban J connectivity index is 2.11. The molecule has 0 fully saturated rings. The topological polar surface area (TPSA) is 90.0 Å². The van der Waals surface area contributed by atoms with E-state index in [1.54, 1.807) is 4.57 Å². The molecule has 0 amide bonds. The van der Waals surface area contributed by atoms with Gasteiger partial charge >= 0.3 is 10.8 Å². The number of aryl methyl sites for hydroxylation is 2. The fraction of sp³-hybridized carbons (Fsp3) is 0.400. The molecule has 0 saturated carbocycles. The number of thiazole rings is 1. The molecule has 0 bridgehead atoms. The van der Waals surface area contributed by atoms with Gasteiger partial charge in [0.05, 0.1) is 12.7 Å². The third kappa shape index (κ3) is 2.33. The van der Waals surface area contributed by atoms with Crippen LogP contribution in [0.15, 0.2) is 11.0 Å². The average Bonchev–Trinajstić information content (AvgIpc) is 2.85. The Morgan fingerprint density at radius 2 is 2.17 bits per heavy atom. The van der Waals surface area contributed by atoms with Gasteiger partial charge in [0, 0.05) is 17.1 Å². The molecular weight excluding hydrogens is 256 g/mol. The maximum atomic E-state index is 11.6. The number of hydrogen-bond acceptors (Lipinski definition) is 5. The highest BCUT2D eigenvalue weighted by atomic mass is 32.1. The van der Waals surface area contributed by atoms with Gasteiger partial charge < -0.3 is 9.67 Å². The lowest BCUT2D eigenvalue weighted by Gasteiger charge is -2.04. The zero-order valence-electron chi connectivity index (χ0n) is 9.95. The fourth-order valence-corrected chi connectivity index (χ4v) is 2.41. The molecule has 0 saturated heterocycles. The zero-order valence-corrected chi connectivity index (χ0v) is 10.8. The standard InChI is InChI=1S/C10H12N4O3S/c1-6-7(2)18-10(17)14(6)4-3-13-5-8(9(15)16)11-12-13/h5H,3-4H2,1-2H3,(H,15,16). The molecule has 2 aromatic heterocycles. The molecule has 0 atom stereocenters. The van der Waals surface area contributed by atoms with Crippen molar-refractivity contribution in [1.29, 1.82) is 0 Å². The lowest BCUT2D eigenvalue weighted by Crippen LogP contribution is -2.18. The number of aromatic carboxylic acids is 1. The molecule has 0 radical (unpaired) electrons. The van der Waals surface area contributed by atoms with E-state index in [9.17, 15) is 9.59 Å². The van der Waals surface area contributed by atoms with Crippen LogP contribution in [-0.2, 0) is 13.1 Å². The lowest BCUT2D eigenvalue weighted by molar-refractivity contribution is 0.0690. The van der Waals surface area contributed by atoms with Crippen LogP contribution >= 0.6 is 11.3 Å². The first-order valence-electron chi connectivity index (χ1n) is 5.29. The van der Waals surface area contributed by atoms with Crippen LogP contribution in [0.1, 0.15) is 21.1 Å². The van der Waals surface area contributed by atoms with Crippen LogP contribution in [0.4, 0.5) is 0 Å². The van der Waals surface area contributed by atoms with E-state index in [1.165, 1.54) is 22.2 Å². The van der Waals surface area contributed by atoms with Gasteiger partial charge in [-0.25, -0.2) is 9.48 Å². The van der Waals surface area contributed by atoms with Crippen LogP contribution < -0.4 is 4.87 Å². The number of rotatable bonds is 4. The smallest absolute Gasteiger partial charge is 0.358 e. The maximum Gasteiger partial charge on any atom is 0.358 e. The van der Waals surface area contributed by atoms with Crippen LogP contribution in [0.5, 0.6) is 0 Å². The third-order valence-electron chi connectivity index (χ3n) is 2.69. The SMILES string of the molecule is Cc1sc(=O)n(CCn2cc(C(=O)O)nn2)c1C. The Labute approximate surface area is 106 Å². The molecule has 1 N–H and O–H groups in total. The van der Waals surface area contributed by atoms with Crippen molar-refractivity contribution in [2.45, 2.75) is 26.9 Å². The summed E-state index contributed by atoms with van der Waals surface area (Å²) in [7, 11) is 0. The van der Waals surface area contributed by atoms with Crippen LogP contribution in [-0.4, -0.2) is 30.6 Å². The summed E-state index contributed by atoms with van der Waals surface area (Å²) in [5, 5.41) is 15.9. The molecule has 0 aromatic carbocycles. The Morgan fingerprint density at radius 1 is 1.44 bits per heavy atom. The van der Waals surface area contributed by atoms with Gasteiger partial charge in [0.15, 0.2) is 5.69 Å². The third-order valence-corrected chi connectivity index (χ3v) is 3.68. The molecule has 0 aliphatic rings. The van der Waals surface area contributed by atoms with E-state index in [4.69, 9.17) is 5.11 Å². The Bertz CT molecular complexity index is 640. The minimum Gasteiger partial charge on any atom is -0.476 e. The lowest BCUT2D eigenvalue weighted by atomic mass is 10.4. The molecule has 96 valence electrons. The van der Waals surface area contributed by atoms with Crippen molar-refractivity contribution in [2.75, 3.05) is 0 Å². The van der Waals surface area contributed by atoms with Crippen molar-refractivity contribution in [3.8, 4) is 0 Å². The van der Waals surface area contributed by atoms with E-state index in [1.807, 2.05) is 13.8 Å². The molecule has 2 aromatic rings. The van der Waals surface area contributed by atoms with Crippen molar-refractivity contribution < 1.29 is 9.90 Å². The Morgan fingerprint density at radius 3 is 2.67 bits per heavy atom. The van der Waals surface area contributed by atoms with Crippen LogP contribution in [0.2, 0.25) is 0 Å². The van der Waals surface area contributed by atoms with Crippen molar-refractivity contribution in [3.05, 3.63) is 32.1 Å². The normalized spacial score (nSPS) is 10.8. The second-order valence-electron chi connectivity index (χ2n) is 3.83. The van der Waals surface area contributed by atoms with Gasteiger partial charge in [-0.2, -0.15) is 0 Å². The first-order valence-corrected chi connectivity index (χ1v) is 6.11. The number of hydrogen-bond donors (Lipinski definition) is 1. The van der Waals surface area contributed by atoms with E-state index in [0.717, 1.165) is 10.6 Å². The molecule has 2 heterocycles. The number of nitrogens with zero attached hydrogens (tertiary/aromatic N) is 4. The number of carbonyl (C=O) groups is 1. The van der Waals surface area contributed by atoms with Crippen molar-refractivity contribution in [3.63, 3.8) is 0 Å². The summed E-state index contributed by atoms with van der Waals surface area (Å²) in [6, 6.07) is 0. The summed E-state index contributed by atoms with van der Waals surface area (Å²) >= 11 is 1.21. The highest BCUT2D eigenvalue weighted by Gasteiger charge is 2.10. The molecule has 2 rings (SSSR count). The summed E-state index contributed by atoms with van der Waals surface area (Å²) < 4.78 is 3.07. The highest BCUT2D eigenvalue weighted by Crippen LogP contribution is 2.09. The first kappa shape index (κ1) is 12.5. The van der Waals surface area contributed by atoms with Gasteiger partial charge in [0.25, 0.3) is 0 Å². The monoisotopic (exact) mass is 268 g/mol. The summed E-state index contributed by atoms with van der Waals surface area (Å²) in [6.45, 7) is 4.65. The molecule has 0 spiro atoms. The van der Waals surface area contributed by atoms with Crippen LogP contribution in [0.25, 0.3) is 0 Å². The molecule has 0 aliphatic heterocycles. The van der Waals surface area contributed by atoms with Crippen LogP contribution in [0.3, 0.4) is 0 Å². The second kappa shape index (κ2) is 4.73. The minimum absolute atomic E-state index is 0.0106. The molecule has 0 aliphatic carbocycles.